The van der Waals surface area contributed by atoms with Crippen LogP contribution in [0.1, 0.15) is 32.1 Å². The molecule has 1 aliphatic heterocycles. The molecule has 0 spiro atoms. The Morgan fingerprint density at radius 2 is 1.84 bits per heavy atom. The van der Waals surface area contributed by atoms with E-state index < -0.39 is 15.7 Å². The Bertz CT molecular complexity index is 453. The largest absolute Gasteiger partial charge is 0.455 e. The van der Waals surface area contributed by atoms with Crippen molar-refractivity contribution in [2.45, 2.75) is 38.1 Å². The zero-order chi connectivity index (χ0) is 13.9. The van der Waals surface area contributed by atoms with E-state index in [1.54, 1.807) is 0 Å². The summed E-state index contributed by atoms with van der Waals surface area (Å²) in [6.07, 6.45) is 4.17. The molecule has 1 saturated carbocycles. The van der Waals surface area contributed by atoms with E-state index >= 15 is 0 Å². The highest BCUT2D eigenvalue weighted by Crippen LogP contribution is 2.25. The minimum absolute atomic E-state index is 0.0185. The summed E-state index contributed by atoms with van der Waals surface area (Å²) < 4.78 is 27.4. The van der Waals surface area contributed by atoms with Crippen LogP contribution in [0.15, 0.2) is 0 Å². The molecule has 1 atom stereocenters. The quantitative estimate of drug-likeness (QED) is 0.737. The second-order valence-corrected chi connectivity index (χ2v) is 7.49. The number of ether oxygens (including phenoxy) is 1. The number of nitrogens with one attached hydrogen (secondary N) is 1. The van der Waals surface area contributed by atoms with Crippen LogP contribution in [0, 0.1) is 5.92 Å². The van der Waals surface area contributed by atoms with Gasteiger partial charge in [-0.15, -0.1) is 0 Å². The predicted molar refractivity (Wildman–Crippen MR) is 68.1 cm³/mol. The smallest absolute Gasteiger partial charge is 0.309 e. The number of carbonyl (C=O) groups excluding carboxylic acids is 2. The predicted octanol–water partition coefficient (Wildman–Crippen LogP) is 0.0231. The molecule has 1 heterocycles. The highest BCUT2D eigenvalue weighted by molar-refractivity contribution is 7.91. The Hall–Kier alpha value is -1.11. The molecule has 1 N–H and O–H groups in total. The summed E-state index contributed by atoms with van der Waals surface area (Å²) in [6, 6.07) is -0.345. The van der Waals surface area contributed by atoms with Crippen molar-refractivity contribution in [2.24, 2.45) is 5.92 Å². The van der Waals surface area contributed by atoms with Crippen LogP contribution < -0.4 is 5.32 Å². The first-order valence-electron chi connectivity index (χ1n) is 6.63. The van der Waals surface area contributed by atoms with Crippen LogP contribution in [0.4, 0.5) is 0 Å². The summed E-state index contributed by atoms with van der Waals surface area (Å²) in [6.45, 7) is -0.314. The van der Waals surface area contributed by atoms with Crippen molar-refractivity contribution in [1.82, 2.24) is 5.32 Å². The van der Waals surface area contributed by atoms with Crippen LogP contribution in [0.2, 0.25) is 0 Å². The molecule has 2 aliphatic rings. The third-order valence-electron chi connectivity index (χ3n) is 3.63. The fraction of sp³-hybridized carbons (Fsp3) is 0.833. The first kappa shape index (κ1) is 14.3. The van der Waals surface area contributed by atoms with Crippen LogP contribution in [-0.2, 0) is 24.2 Å². The van der Waals surface area contributed by atoms with Crippen LogP contribution in [-0.4, -0.2) is 44.4 Å². The van der Waals surface area contributed by atoms with Crippen molar-refractivity contribution < 1.29 is 22.7 Å². The normalized spacial score (nSPS) is 26.2. The minimum Gasteiger partial charge on any atom is -0.455 e. The Labute approximate surface area is 112 Å². The number of esters is 1. The Balaban J connectivity index is 1.68. The zero-order valence-electron chi connectivity index (χ0n) is 10.8. The minimum atomic E-state index is -3.01. The average Bonchev–Trinajstić information content (AvgIpc) is 2.96. The van der Waals surface area contributed by atoms with Gasteiger partial charge in [0, 0.05) is 6.04 Å². The second-order valence-electron chi connectivity index (χ2n) is 5.26. The van der Waals surface area contributed by atoms with Gasteiger partial charge in [0.25, 0.3) is 5.91 Å². The van der Waals surface area contributed by atoms with Crippen LogP contribution in [0.5, 0.6) is 0 Å². The van der Waals surface area contributed by atoms with Gasteiger partial charge in [0.05, 0.1) is 17.4 Å². The number of sulfone groups is 1. The van der Waals surface area contributed by atoms with Gasteiger partial charge in [0.15, 0.2) is 16.4 Å². The first-order valence-corrected chi connectivity index (χ1v) is 8.45. The fourth-order valence-electron chi connectivity index (χ4n) is 2.59. The summed E-state index contributed by atoms with van der Waals surface area (Å²) in [7, 11) is -3.01. The molecule has 0 radical (unpaired) electrons. The number of carbonyl (C=O) groups is 2. The second kappa shape index (κ2) is 5.90. The lowest BCUT2D eigenvalue weighted by molar-refractivity contribution is -0.152. The number of hydrogen-bond acceptors (Lipinski definition) is 5. The average molecular weight is 289 g/mol. The Kier molecular flexibility index (Phi) is 4.44. The molecule has 2 fully saturated rings. The lowest BCUT2D eigenvalue weighted by Gasteiger charge is -2.12. The maximum Gasteiger partial charge on any atom is 0.309 e. The fourth-order valence-corrected chi connectivity index (χ4v) is 4.27. The molecule has 1 aliphatic carbocycles. The van der Waals surface area contributed by atoms with Gasteiger partial charge < -0.3 is 10.1 Å². The maximum atomic E-state index is 11.6. The molecule has 0 bridgehead atoms. The topological polar surface area (TPSA) is 89.5 Å². The van der Waals surface area contributed by atoms with Crippen molar-refractivity contribution in [1.29, 1.82) is 0 Å². The van der Waals surface area contributed by atoms with Gasteiger partial charge in [-0.05, 0) is 19.3 Å². The molecule has 19 heavy (non-hydrogen) atoms. The summed E-state index contributed by atoms with van der Waals surface area (Å²) >= 11 is 0. The van der Waals surface area contributed by atoms with Crippen molar-refractivity contribution in [2.75, 3.05) is 18.1 Å². The Morgan fingerprint density at radius 1 is 1.16 bits per heavy atom. The summed E-state index contributed by atoms with van der Waals surface area (Å²) in [5.41, 5.74) is 0. The van der Waals surface area contributed by atoms with Crippen molar-refractivity contribution in [3.05, 3.63) is 0 Å². The van der Waals surface area contributed by atoms with Gasteiger partial charge in [-0.2, -0.15) is 0 Å². The van der Waals surface area contributed by atoms with Gasteiger partial charge in [0.1, 0.15) is 0 Å². The molecular weight excluding hydrogens is 270 g/mol. The van der Waals surface area contributed by atoms with Crippen LogP contribution in [0.3, 0.4) is 0 Å². The van der Waals surface area contributed by atoms with Gasteiger partial charge in [-0.3, -0.25) is 9.59 Å². The summed E-state index contributed by atoms with van der Waals surface area (Å²) in [5.74, 6) is -0.713. The summed E-state index contributed by atoms with van der Waals surface area (Å²) in [4.78, 5) is 23.1. The van der Waals surface area contributed by atoms with Gasteiger partial charge in [-0.25, -0.2) is 8.42 Å². The monoisotopic (exact) mass is 289 g/mol. The molecule has 108 valence electrons. The third kappa shape index (κ3) is 4.19. The SMILES string of the molecule is O=C(COC(=O)C1CCCC1)N[C@H]1CCS(=O)(=O)C1. The van der Waals surface area contributed by atoms with Crippen molar-refractivity contribution >= 4 is 21.7 Å². The molecule has 0 aromatic heterocycles. The highest BCUT2D eigenvalue weighted by atomic mass is 32.2. The standard InChI is InChI=1S/C12H19NO5S/c14-11(13-10-5-6-19(16,17)8-10)7-18-12(15)9-3-1-2-4-9/h9-10H,1-8H2,(H,13,14)/t10-/m0/s1. The van der Waals surface area contributed by atoms with E-state index in [1.807, 2.05) is 0 Å². The van der Waals surface area contributed by atoms with Gasteiger partial charge in [-0.1, -0.05) is 12.8 Å². The lowest BCUT2D eigenvalue weighted by atomic mass is 10.1. The molecule has 1 saturated heterocycles. The van der Waals surface area contributed by atoms with Crippen molar-refractivity contribution in [3.8, 4) is 0 Å². The first-order chi connectivity index (χ1) is 8.96. The van der Waals surface area contributed by atoms with Gasteiger partial charge in [0.2, 0.25) is 0 Å². The molecule has 7 heteroatoms. The molecule has 0 unspecified atom stereocenters. The molecule has 2 rings (SSSR count). The van der Waals surface area contributed by atoms with E-state index in [0.717, 1.165) is 25.7 Å². The van der Waals surface area contributed by atoms with E-state index in [4.69, 9.17) is 4.74 Å². The molecule has 0 aromatic carbocycles. The number of amides is 1. The Morgan fingerprint density at radius 3 is 2.42 bits per heavy atom. The van der Waals surface area contributed by atoms with E-state index in [0.29, 0.717) is 6.42 Å². The maximum absolute atomic E-state index is 11.6. The van der Waals surface area contributed by atoms with Crippen molar-refractivity contribution in [3.63, 3.8) is 0 Å². The lowest BCUT2D eigenvalue weighted by Crippen LogP contribution is -2.38. The van der Waals surface area contributed by atoms with E-state index in [-0.39, 0.29) is 36.0 Å². The molecule has 6 nitrogen and oxygen atoms in total. The zero-order valence-corrected chi connectivity index (χ0v) is 11.6. The molecule has 0 aromatic rings. The number of hydrogen-bond donors (Lipinski definition) is 1. The van der Waals surface area contributed by atoms with E-state index in [2.05, 4.69) is 5.32 Å². The molecule has 1 amide bonds. The third-order valence-corrected chi connectivity index (χ3v) is 5.40. The number of rotatable bonds is 4. The highest BCUT2D eigenvalue weighted by Gasteiger charge is 2.29. The van der Waals surface area contributed by atoms with Crippen LogP contribution in [0.25, 0.3) is 0 Å². The van der Waals surface area contributed by atoms with Gasteiger partial charge >= 0.3 is 5.97 Å². The van der Waals surface area contributed by atoms with E-state index in [9.17, 15) is 18.0 Å². The molecular formula is C12H19NO5S. The van der Waals surface area contributed by atoms with E-state index in [1.165, 1.54) is 0 Å². The van der Waals surface area contributed by atoms with Crippen LogP contribution >= 0.6 is 0 Å². The summed E-state index contributed by atoms with van der Waals surface area (Å²) in [5, 5.41) is 2.59.